The summed E-state index contributed by atoms with van der Waals surface area (Å²) in [6, 6.07) is 12.1. The van der Waals surface area contributed by atoms with Crippen LogP contribution in [0.1, 0.15) is 64.7 Å². The van der Waals surface area contributed by atoms with Crippen molar-refractivity contribution in [2.24, 2.45) is 0 Å². The molecule has 0 aliphatic carbocycles. The van der Waals surface area contributed by atoms with Gasteiger partial charge in [0, 0.05) is 0 Å². The predicted octanol–water partition coefficient (Wildman–Crippen LogP) is 6.45. The fourth-order valence-corrected chi connectivity index (χ4v) is 3.18. The van der Waals surface area contributed by atoms with Crippen molar-refractivity contribution in [3.63, 3.8) is 0 Å². The maximum Gasteiger partial charge on any atom is 0.416 e. The minimum absolute atomic E-state index is 0.183. The van der Waals surface area contributed by atoms with E-state index in [9.17, 15) is 22.8 Å². The van der Waals surface area contributed by atoms with Crippen molar-refractivity contribution >= 4 is 12.1 Å². The molecule has 0 aliphatic rings. The summed E-state index contributed by atoms with van der Waals surface area (Å²) >= 11 is 0. The number of nitrogens with one attached hydrogen (secondary N) is 1. The Hall–Kier alpha value is -3.23. The molecule has 0 spiro atoms. The number of alkyl halides is 3. The van der Waals surface area contributed by atoms with E-state index in [0.29, 0.717) is 18.4 Å². The van der Waals surface area contributed by atoms with Gasteiger partial charge in [0.25, 0.3) is 0 Å². The molecule has 2 unspecified atom stereocenters. The molecule has 1 amide bonds. The predicted molar refractivity (Wildman–Crippen MR) is 125 cm³/mol. The van der Waals surface area contributed by atoms with Gasteiger partial charge in [-0.15, -0.1) is 0 Å². The van der Waals surface area contributed by atoms with Crippen molar-refractivity contribution in [2.75, 3.05) is 0 Å². The zero-order valence-corrected chi connectivity index (χ0v) is 20.5. The molecule has 2 aromatic carbocycles. The second-order valence-corrected chi connectivity index (χ2v) is 8.53. The molecule has 6 nitrogen and oxygen atoms in total. The van der Waals surface area contributed by atoms with E-state index in [1.807, 2.05) is 13.8 Å². The molecule has 1 N–H and O–H groups in total. The van der Waals surface area contributed by atoms with Crippen LogP contribution in [0.25, 0.3) is 0 Å². The lowest BCUT2D eigenvalue weighted by molar-refractivity contribution is -0.155. The molecule has 0 bridgehead atoms. The van der Waals surface area contributed by atoms with Gasteiger partial charge in [0.1, 0.15) is 23.5 Å². The summed E-state index contributed by atoms with van der Waals surface area (Å²) in [5.74, 6) is -0.524. The first-order chi connectivity index (χ1) is 16.4. The van der Waals surface area contributed by atoms with Crippen LogP contribution in [0.3, 0.4) is 0 Å². The number of halogens is 3. The van der Waals surface area contributed by atoms with Crippen LogP contribution in [0.5, 0.6) is 5.75 Å². The Labute approximate surface area is 203 Å². The first kappa shape index (κ1) is 28.0. The highest BCUT2D eigenvalue weighted by Gasteiger charge is 2.32. The van der Waals surface area contributed by atoms with Crippen LogP contribution in [0.2, 0.25) is 0 Å². The summed E-state index contributed by atoms with van der Waals surface area (Å²) < 4.78 is 55.5. The number of carbonyl (C=O) groups excluding carboxylic acids is 2. The molecule has 3 atom stereocenters. The van der Waals surface area contributed by atoms with Crippen LogP contribution in [0.15, 0.2) is 54.6 Å². The first-order valence-corrected chi connectivity index (χ1v) is 11.5. The monoisotopic (exact) mass is 495 g/mol. The van der Waals surface area contributed by atoms with Gasteiger partial charge >= 0.3 is 18.2 Å². The standard InChI is InChI=1S/C26H32F3NO5/c1-6-25(5,7-2)35-24(32)30-17(3)23(31)33-18(4)22(19-11-9-8-10-12-19)34-21-15-13-20(14-16-21)26(27,28)29/h8-18,22H,6-7H2,1-5H3,(H,30,32)/t17?,18-,22?/m0/s1. The fraction of sp³-hybridized carbons (Fsp3) is 0.462. The highest BCUT2D eigenvalue weighted by atomic mass is 19.4. The summed E-state index contributed by atoms with van der Waals surface area (Å²) in [7, 11) is 0. The number of alkyl carbamates (subject to hydrolysis) is 1. The van der Waals surface area contributed by atoms with Crippen LogP contribution in [0, 0.1) is 0 Å². The number of hydrogen-bond acceptors (Lipinski definition) is 5. The molecule has 0 aromatic heterocycles. The molecule has 0 heterocycles. The van der Waals surface area contributed by atoms with Crippen LogP contribution in [0.4, 0.5) is 18.0 Å². The van der Waals surface area contributed by atoms with Crippen molar-refractivity contribution in [1.82, 2.24) is 5.32 Å². The number of benzene rings is 2. The molecule has 0 saturated heterocycles. The van der Waals surface area contributed by atoms with Gasteiger partial charge < -0.3 is 19.5 Å². The van der Waals surface area contributed by atoms with E-state index in [1.54, 1.807) is 44.2 Å². The number of hydrogen-bond donors (Lipinski definition) is 1. The van der Waals surface area contributed by atoms with E-state index in [2.05, 4.69) is 5.32 Å². The van der Waals surface area contributed by atoms with E-state index in [1.165, 1.54) is 19.1 Å². The van der Waals surface area contributed by atoms with Crippen molar-refractivity contribution in [3.05, 3.63) is 65.7 Å². The van der Waals surface area contributed by atoms with Crippen molar-refractivity contribution < 1.29 is 37.0 Å². The van der Waals surface area contributed by atoms with Crippen molar-refractivity contribution in [3.8, 4) is 5.75 Å². The van der Waals surface area contributed by atoms with Crippen LogP contribution in [-0.2, 0) is 20.4 Å². The largest absolute Gasteiger partial charge is 0.482 e. The zero-order valence-electron chi connectivity index (χ0n) is 20.5. The van der Waals surface area contributed by atoms with Gasteiger partial charge in [-0.05, 0) is 63.4 Å². The fourth-order valence-electron chi connectivity index (χ4n) is 3.18. The maximum atomic E-state index is 12.9. The molecule has 0 fully saturated rings. The molecule has 2 aromatic rings. The average Bonchev–Trinajstić information content (AvgIpc) is 2.82. The summed E-state index contributed by atoms with van der Waals surface area (Å²) in [5, 5.41) is 2.48. The number of esters is 1. The Bertz CT molecular complexity index is 959. The quantitative estimate of drug-likeness (QED) is 0.384. The second kappa shape index (κ2) is 12.0. The number of rotatable bonds is 10. The Morgan fingerprint density at radius 3 is 2.03 bits per heavy atom. The number of amides is 1. The highest BCUT2D eigenvalue weighted by molar-refractivity contribution is 5.81. The zero-order chi connectivity index (χ0) is 26.2. The van der Waals surface area contributed by atoms with Crippen LogP contribution < -0.4 is 10.1 Å². The third-order valence-electron chi connectivity index (χ3n) is 5.82. The molecule has 192 valence electrons. The van der Waals surface area contributed by atoms with Crippen molar-refractivity contribution in [1.29, 1.82) is 0 Å². The Kier molecular flexibility index (Phi) is 9.56. The van der Waals surface area contributed by atoms with E-state index < -0.39 is 47.7 Å². The summed E-state index contributed by atoms with van der Waals surface area (Å²) in [6.07, 6.45) is -5.59. The Morgan fingerprint density at radius 1 is 0.943 bits per heavy atom. The molecule has 0 saturated carbocycles. The average molecular weight is 496 g/mol. The smallest absolute Gasteiger partial charge is 0.416 e. The van der Waals surface area contributed by atoms with Crippen LogP contribution in [-0.4, -0.2) is 29.8 Å². The van der Waals surface area contributed by atoms with Gasteiger partial charge in [-0.25, -0.2) is 9.59 Å². The van der Waals surface area contributed by atoms with Gasteiger partial charge in [0.2, 0.25) is 0 Å². The van der Waals surface area contributed by atoms with Crippen molar-refractivity contribution in [2.45, 2.75) is 77.5 Å². The maximum absolute atomic E-state index is 12.9. The number of carbonyl (C=O) groups is 2. The Balaban J connectivity index is 2.10. The second-order valence-electron chi connectivity index (χ2n) is 8.53. The summed E-state index contributed by atoms with van der Waals surface area (Å²) in [6.45, 7) is 8.68. The minimum Gasteiger partial charge on any atom is -0.482 e. The van der Waals surface area contributed by atoms with E-state index in [-0.39, 0.29) is 5.75 Å². The lowest BCUT2D eigenvalue weighted by atomic mass is 10.0. The molecule has 35 heavy (non-hydrogen) atoms. The normalized spacial score (nSPS) is 14.4. The van der Waals surface area contributed by atoms with Gasteiger partial charge in [-0.2, -0.15) is 13.2 Å². The van der Waals surface area contributed by atoms with Gasteiger partial charge in [0.05, 0.1) is 5.56 Å². The van der Waals surface area contributed by atoms with E-state index in [0.717, 1.165) is 12.1 Å². The third kappa shape index (κ3) is 8.19. The number of ether oxygens (including phenoxy) is 3. The molecular formula is C26H32F3NO5. The van der Waals surface area contributed by atoms with Crippen LogP contribution >= 0.6 is 0 Å². The highest BCUT2D eigenvalue weighted by Crippen LogP contribution is 2.32. The lowest BCUT2D eigenvalue weighted by Crippen LogP contribution is -2.44. The topological polar surface area (TPSA) is 73.9 Å². The van der Waals surface area contributed by atoms with Gasteiger partial charge in [-0.3, -0.25) is 0 Å². The van der Waals surface area contributed by atoms with Gasteiger partial charge in [0.15, 0.2) is 6.10 Å². The minimum atomic E-state index is -4.46. The molecule has 2 rings (SSSR count). The lowest BCUT2D eigenvalue weighted by Gasteiger charge is -2.29. The SMILES string of the molecule is CCC(C)(CC)OC(=O)NC(C)C(=O)O[C@@H](C)C(Oc1ccc(C(F)(F)F)cc1)c1ccccc1. The Morgan fingerprint density at radius 2 is 1.51 bits per heavy atom. The van der Waals surface area contributed by atoms with E-state index in [4.69, 9.17) is 14.2 Å². The third-order valence-corrected chi connectivity index (χ3v) is 5.82. The first-order valence-electron chi connectivity index (χ1n) is 11.5. The van der Waals surface area contributed by atoms with E-state index >= 15 is 0 Å². The summed E-state index contributed by atoms with van der Waals surface area (Å²) in [5.41, 5.74) is -0.779. The molecule has 0 aliphatic heterocycles. The molecule has 0 radical (unpaired) electrons. The molecular weight excluding hydrogens is 463 g/mol. The summed E-state index contributed by atoms with van der Waals surface area (Å²) in [4.78, 5) is 24.9. The molecule has 9 heteroatoms. The van der Waals surface area contributed by atoms with Gasteiger partial charge in [-0.1, -0.05) is 44.2 Å².